The van der Waals surface area contributed by atoms with Crippen LogP contribution in [0.1, 0.15) is 0 Å². The van der Waals surface area contributed by atoms with E-state index in [1.807, 2.05) is 0 Å². The number of H-pyrrole nitrogens is 1. The van der Waals surface area contributed by atoms with Crippen LogP contribution in [0.2, 0.25) is 5.15 Å². The zero-order valence-corrected chi connectivity index (χ0v) is 7.17. The molecule has 0 saturated carbocycles. The van der Waals surface area contributed by atoms with Gasteiger partial charge in [-0.1, -0.05) is 17.7 Å². The first-order valence-corrected chi connectivity index (χ1v) is 3.91. The van der Waals surface area contributed by atoms with E-state index in [-0.39, 0.29) is 0 Å². The fraction of sp³-hybridized carbons (Fsp3) is 0. The molecule has 4 nitrogen and oxygen atoms in total. The highest BCUT2D eigenvalue weighted by Gasteiger charge is 2.05. The standard InChI is InChI=1S/C8H4ClN3O/c9-8-5-2-1-3-6(10-4-13)7(5)11-12-8/h1-3H,(H,11,12). The number of nitrogens with zero attached hydrogens (tertiary/aromatic N) is 2. The third-order valence-corrected chi connectivity index (χ3v) is 1.97. The van der Waals surface area contributed by atoms with Gasteiger partial charge in [-0.2, -0.15) is 10.1 Å². The van der Waals surface area contributed by atoms with Crippen molar-refractivity contribution in [2.24, 2.45) is 4.99 Å². The highest BCUT2D eigenvalue weighted by Crippen LogP contribution is 2.27. The highest BCUT2D eigenvalue weighted by atomic mass is 35.5. The van der Waals surface area contributed by atoms with Gasteiger partial charge in [0.2, 0.25) is 6.08 Å². The van der Waals surface area contributed by atoms with Gasteiger partial charge in [0, 0.05) is 5.39 Å². The Balaban J connectivity index is 2.84. The van der Waals surface area contributed by atoms with Crippen LogP contribution in [-0.2, 0) is 4.79 Å². The second kappa shape index (κ2) is 3.01. The normalized spacial score (nSPS) is 9.92. The molecule has 0 amide bonds. The lowest BCUT2D eigenvalue weighted by Gasteiger charge is -1.90. The van der Waals surface area contributed by atoms with Crippen LogP contribution in [0.15, 0.2) is 23.2 Å². The van der Waals surface area contributed by atoms with Gasteiger partial charge in [0.25, 0.3) is 0 Å². The summed E-state index contributed by atoms with van der Waals surface area (Å²) in [4.78, 5) is 13.6. The number of fused-ring (bicyclic) bond motifs is 1. The summed E-state index contributed by atoms with van der Waals surface area (Å²) in [7, 11) is 0. The summed E-state index contributed by atoms with van der Waals surface area (Å²) in [5.41, 5.74) is 1.05. The van der Waals surface area contributed by atoms with E-state index in [1.165, 1.54) is 6.08 Å². The first kappa shape index (κ1) is 7.98. The fourth-order valence-electron chi connectivity index (χ4n) is 1.13. The molecule has 0 radical (unpaired) electrons. The number of nitrogens with one attached hydrogen (secondary N) is 1. The molecule has 0 aliphatic heterocycles. The molecule has 0 spiro atoms. The number of rotatable bonds is 1. The van der Waals surface area contributed by atoms with Gasteiger partial charge in [0.1, 0.15) is 16.4 Å². The van der Waals surface area contributed by atoms with E-state index in [1.54, 1.807) is 18.2 Å². The molecule has 2 aromatic rings. The fourth-order valence-corrected chi connectivity index (χ4v) is 1.33. The lowest BCUT2D eigenvalue weighted by atomic mass is 10.2. The van der Waals surface area contributed by atoms with Gasteiger partial charge >= 0.3 is 0 Å². The van der Waals surface area contributed by atoms with Crippen molar-refractivity contribution in [1.29, 1.82) is 0 Å². The maximum Gasteiger partial charge on any atom is 0.240 e. The smallest absolute Gasteiger partial charge is 0.240 e. The Labute approximate surface area is 78.2 Å². The molecule has 0 fully saturated rings. The molecular formula is C8H4ClN3O. The van der Waals surface area contributed by atoms with Crippen LogP contribution >= 0.6 is 11.6 Å². The summed E-state index contributed by atoms with van der Waals surface area (Å²) in [5.74, 6) is 0. The third kappa shape index (κ3) is 1.22. The van der Waals surface area contributed by atoms with Crippen LogP contribution < -0.4 is 0 Å². The van der Waals surface area contributed by atoms with E-state index < -0.39 is 0 Å². The Morgan fingerprint density at radius 2 is 2.38 bits per heavy atom. The van der Waals surface area contributed by atoms with Crippen molar-refractivity contribution < 1.29 is 4.79 Å². The van der Waals surface area contributed by atoms with Crippen molar-refractivity contribution in [3.8, 4) is 0 Å². The summed E-state index contributed by atoms with van der Waals surface area (Å²) in [5, 5.41) is 7.70. The van der Waals surface area contributed by atoms with Crippen molar-refractivity contribution in [3.05, 3.63) is 23.4 Å². The highest BCUT2D eigenvalue weighted by molar-refractivity contribution is 6.34. The van der Waals surface area contributed by atoms with Gasteiger partial charge in [0.05, 0.1) is 0 Å². The predicted octanol–water partition coefficient (Wildman–Crippen LogP) is 2.18. The van der Waals surface area contributed by atoms with Gasteiger partial charge in [-0.25, -0.2) is 4.79 Å². The van der Waals surface area contributed by atoms with Crippen LogP contribution in [0.5, 0.6) is 0 Å². The number of benzene rings is 1. The van der Waals surface area contributed by atoms with Gasteiger partial charge in [-0.05, 0) is 12.1 Å². The topological polar surface area (TPSA) is 58.1 Å². The molecule has 1 aromatic heterocycles. The summed E-state index contributed by atoms with van der Waals surface area (Å²) in [6.45, 7) is 0. The maximum atomic E-state index is 10.1. The minimum atomic E-state index is 0.443. The molecule has 2 rings (SSSR count). The molecule has 0 saturated heterocycles. The van der Waals surface area contributed by atoms with Gasteiger partial charge in [-0.15, -0.1) is 0 Å². The second-order valence-corrected chi connectivity index (χ2v) is 2.79. The number of hydrogen-bond donors (Lipinski definition) is 1. The summed E-state index contributed by atoms with van der Waals surface area (Å²) in [6, 6.07) is 5.22. The quantitative estimate of drug-likeness (QED) is 0.558. The first-order valence-electron chi connectivity index (χ1n) is 3.53. The van der Waals surface area contributed by atoms with Crippen molar-refractivity contribution >= 4 is 34.3 Å². The monoisotopic (exact) mass is 193 g/mol. The number of aromatic amines is 1. The number of aliphatic imine (C=N–C) groups is 1. The molecule has 13 heavy (non-hydrogen) atoms. The lowest BCUT2D eigenvalue weighted by Crippen LogP contribution is -1.69. The number of para-hydroxylation sites is 1. The molecule has 0 unspecified atom stereocenters. The van der Waals surface area contributed by atoms with E-state index in [0.29, 0.717) is 16.4 Å². The van der Waals surface area contributed by atoms with Crippen molar-refractivity contribution in [1.82, 2.24) is 10.2 Å². The van der Waals surface area contributed by atoms with Crippen molar-refractivity contribution in [2.75, 3.05) is 0 Å². The average Bonchev–Trinajstić information content (AvgIpc) is 2.50. The number of isocyanates is 1. The summed E-state index contributed by atoms with van der Waals surface area (Å²) < 4.78 is 0. The Kier molecular flexibility index (Phi) is 1.85. The van der Waals surface area contributed by atoms with Crippen LogP contribution in [-0.4, -0.2) is 16.3 Å². The van der Waals surface area contributed by atoms with E-state index in [0.717, 1.165) is 5.39 Å². The summed E-state index contributed by atoms with van der Waals surface area (Å²) in [6.07, 6.45) is 1.46. The molecule has 0 aliphatic carbocycles. The minimum Gasteiger partial charge on any atom is -0.266 e. The van der Waals surface area contributed by atoms with E-state index in [4.69, 9.17) is 11.6 Å². The molecule has 1 heterocycles. The zero-order valence-electron chi connectivity index (χ0n) is 6.41. The molecule has 1 N–H and O–H groups in total. The number of halogens is 1. The molecule has 0 atom stereocenters. The second-order valence-electron chi connectivity index (χ2n) is 2.41. The van der Waals surface area contributed by atoms with Crippen LogP contribution in [0, 0.1) is 0 Å². The van der Waals surface area contributed by atoms with Crippen LogP contribution in [0.4, 0.5) is 5.69 Å². The summed E-state index contributed by atoms with van der Waals surface area (Å²) >= 11 is 5.79. The van der Waals surface area contributed by atoms with Crippen molar-refractivity contribution in [3.63, 3.8) is 0 Å². The van der Waals surface area contributed by atoms with E-state index >= 15 is 0 Å². The first-order chi connectivity index (χ1) is 6.33. The van der Waals surface area contributed by atoms with Crippen LogP contribution in [0.3, 0.4) is 0 Å². The predicted molar refractivity (Wildman–Crippen MR) is 48.9 cm³/mol. The minimum absolute atomic E-state index is 0.443. The molecule has 1 aromatic carbocycles. The number of aromatic nitrogens is 2. The average molecular weight is 194 g/mol. The number of hydrogen-bond acceptors (Lipinski definition) is 3. The molecule has 0 aliphatic rings. The van der Waals surface area contributed by atoms with Gasteiger partial charge < -0.3 is 0 Å². The van der Waals surface area contributed by atoms with Gasteiger partial charge in [-0.3, -0.25) is 5.10 Å². The molecule has 5 heteroatoms. The largest absolute Gasteiger partial charge is 0.266 e. The van der Waals surface area contributed by atoms with Crippen LogP contribution in [0.25, 0.3) is 10.9 Å². The van der Waals surface area contributed by atoms with E-state index in [9.17, 15) is 4.79 Å². The maximum absolute atomic E-state index is 10.1. The van der Waals surface area contributed by atoms with Gasteiger partial charge in [0.15, 0.2) is 0 Å². The van der Waals surface area contributed by atoms with E-state index in [2.05, 4.69) is 15.2 Å². The Hall–Kier alpha value is -1.64. The zero-order chi connectivity index (χ0) is 9.26. The number of carbonyl (C=O) groups excluding carboxylic acids is 1. The Morgan fingerprint density at radius 3 is 3.15 bits per heavy atom. The Bertz CT molecular complexity index is 499. The molecule has 0 bridgehead atoms. The Morgan fingerprint density at radius 1 is 1.54 bits per heavy atom. The SMILES string of the molecule is O=C=Nc1cccc2c(Cl)[nH]nc12. The lowest BCUT2D eigenvalue weighted by molar-refractivity contribution is 0.565. The third-order valence-electron chi connectivity index (χ3n) is 1.68. The molecule has 64 valence electrons. The van der Waals surface area contributed by atoms with Crippen molar-refractivity contribution in [2.45, 2.75) is 0 Å². The molecular weight excluding hydrogens is 190 g/mol.